The molecule has 0 spiro atoms. The lowest BCUT2D eigenvalue weighted by Crippen LogP contribution is -2.40. The first kappa shape index (κ1) is 16.4. The van der Waals surface area contributed by atoms with Gasteiger partial charge in [0.2, 0.25) is 11.8 Å². The Balaban J connectivity index is 2.57. The van der Waals surface area contributed by atoms with Crippen molar-refractivity contribution in [2.45, 2.75) is 20.8 Å². The van der Waals surface area contributed by atoms with Crippen LogP contribution in [-0.4, -0.2) is 18.4 Å². The number of rotatable bonds is 5. The minimum Gasteiger partial charge on any atom is -0.346 e. The van der Waals surface area contributed by atoms with Crippen molar-refractivity contribution in [1.82, 2.24) is 5.32 Å². The molecule has 5 heteroatoms. The van der Waals surface area contributed by atoms with Crippen LogP contribution in [0.2, 0.25) is 0 Å². The second-order valence-corrected chi connectivity index (χ2v) is 6.03. The Morgan fingerprint density at radius 2 is 2.05 bits per heavy atom. The molecule has 0 aromatic heterocycles. The first-order chi connectivity index (χ1) is 9.26. The van der Waals surface area contributed by atoms with Crippen LogP contribution in [0.15, 0.2) is 35.3 Å². The van der Waals surface area contributed by atoms with Gasteiger partial charge in [0.15, 0.2) is 0 Å². The van der Waals surface area contributed by atoms with Crippen molar-refractivity contribution in [3.63, 3.8) is 0 Å². The van der Waals surface area contributed by atoms with Gasteiger partial charge in [0.25, 0.3) is 0 Å². The molecule has 0 heterocycles. The fourth-order valence-corrected chi connectivity index (χ4v) is 1.92. The Morgan fingerprint density at radius 3 is 2.60 bits per heavy atom. The van der Waals surface area contributed by atoms with Crippen molar-refractivity contribution >= 4 is 33.4 Å². The minimum absolute atomic E-state index is 0.0639. The summed E-state index contributed by atoms with van der Waals surface area (Å²) in [6.07, 6.45) is 1.55. The number of amides is 2. The van der Waals surface area contributed by atoms with Crippen molar-refractivity contribution in [3.05, 3.63) is 40.9 Å². The average molecular weight is 339 g/mol. The van der Waals surface area contributed by atoms with Crippen LogP contribution in [-0.2, 0) is 9.59 Å². The molecule has 1 aromatic carbocycles. The Bertz CT molecular complexity index is 539. The predicted molar refractivity (Wildman–Crippen MR) is 84.5 cm³/mol. The number of hydrogen-bond donors (Lipinski definition) is 2. The molecule has 0 radical (unpaired) electrons. The molecule has 108 valence electrons. The predicted octanol–water partition coefficient (Wildman–Crippen LogP) is 3.02. The summed E-state index contributed by atoms with van der Waals surface area (Å²) in [4.78, 5) is 23.6. The Hall–Kier alpha value is -1.62. The number of nitrogens with one attached hydrogen (secondary N) is 2. The van der Waals surface area contributed by atoms with Gasteiger partial charge in [0, 0.05) is 10.2 Å². The summed E-state index contributed by atoms with van der Waals surface area (Å²) >= 11 is 3.36. The van der Waals surface area contributed by atoms with E-state index in [1.807, 2.05) is 25.1 Å². The highest BCUT2D eigenvalue weighted by Gasteiger charge is 2.23. The van der Waals surface area contributed by atoms with E-state index in [-0.39, 0.29) is 18.4 Å². The summed E-state index contributed by atoms with van der Waals surface area (Å²) in [5, 5.41) is 5.36. The Labute approximate surface area is 127 Å². The Morgan fingerprint density at radius 1 is 1.40 bits per heavy atom. The maximum absolute atomic E-state index is 11.8. The highest BCUT2D eigenvalue weighted by molar-refractivity contribution is 9.10. The number of benzene rings is 1. The van der Waals surface area contributed by atoms with Crippen molar-refractivity contribution in [1.29, 1.82) is 0 Å². The zero-order chi connectivity index (χ0) is 15.3. The molecule has 0 fully saturated rings. The van der Waals surface area contributed by atoms with E-state index in [2.05, 4.69) is 33.1 Å². The molecule has 20 heavy (non-hydrogen) atoms. The van der Waals surface area contributed by atoms with Gasteiger partial charge in [-0.3, -0.25) is 9.59 Å². The molecule has 0 unspecified atom stereocenters. The van der Waals surface area contributed by atoms with E-state index in [4.69, 9.17) is 0 Å². The van der Waals surface area contributed by atoms with Gasteiger partial charge in [-0.25, -0.2) is 0 Å². The molecule has 1 rings (SSSR count). The molecule has 0 saturated carbocycles. The molecule has 2 amide bonds. The van der Waals surface area contributed by atoms with Gasteiger partial charge < -0.3 is 10.6 Å². The van der Waals surface area contributed by atoms with Crippen LogP contribution in [0.3, 0.4) is 0 Å². The lowest BCUT2D eigenvalue weighted by molar-refractivity contribution is -0.129. The van der Waals surface area contributed by atoms with E-state index in [0.29, 0.717) is 0 Å². The van der Waals surface area contributed by atoms with Crippen LogP contribution in [0.1, 0.15) is 19.4 Å². The SMILES string of the molecule is C=CC(C)(C)C(=O)NCC(=O)Nc1ccc(Br)cc1C. The molecule has 1 aromatic rings. The first-order valence-electron chi connectivity index (χ1n) is 6.24. The van der Waals surface area contributed by atoms with Gasteiger partial charge in [-0.05, 0) is 44.5 Å². The van der Waals surface area contributed by atoms with Gasteiger partial charge in [-0.15, -0.1) is 6.58 Å². The largest absolute Gasteiger partial charge is 0.346 e. The number of anilines is 1. The zero-order valence-corrected chi connectivity index (χ0v) is 13.5. The van der Waals surface area contributed by atoms with E-state index in [0.717, 1.165) is 15.7 Å². The normalized spacial score (nSPS) is 10.8. The fraction of sp³-hybridized carbons (Fsp3) is 0.333. The van der Waals surface area contributed by atoms with Gasteiger partial charge in [-0.2, -0.15) is 0 Å². The van der Waals surface area contributed by atoms with Crippen molar-refractivity contribution in [2.24, 2.45) is 5.41 Å². The van der Waals surface area contributed by atoms with Crippen LogP contribution in [0, 0.1) is 12.3 Å². The minimum atomic E-state index is -0.687. The molecular formula is C15H19BrN2O2. The van der Waals surface area contributed by atoms with Gasteiger partial charge in [0.05, 0.1) is 12.0 Å². The lowest BCUT2D eigenvalue weighted by atomic mass is 9.93. The van der Waals surface area contributed by atoms with Gasteiger partial charge >= 0.3 is 0 Å². The molecule has 4 nitrogen and oxygen atoms in total. The summed E-state index contributed by atoms with van der Waals surface area (Å²) in [5.74, 6) is -0.487. The fourth-order valence-electron chi connectivity index (χ4n) is 1.44. The number of carbonyl (C=O) groups is 2. The molecule has 0 saturated heterocycles. The number of hydrogen-bond acceptors (Lipinski definition) is 2. The van der Waals surface area contributed by atoms with Crippen LogP contribution in [0.4, 0.5) is 5.69 Å². The van der Waals surface area contributed by atoms with E-state index in [9.17, 15) is 9.59 Å². The summed E-state index contributed by atoms with van der Waals surface area (Å²) < 4.78 is 0.953. The van der Waals surface area contributed by atoms with Crippen LogP contribution < -0.4 is 10.6 Å². The van der Waals surface area contributed by atoms with Gasteiger partial charge in [-0.1, -0.05) is 22.0 Å². The molecule has 0 aliphatic heterocycles. The number of aryl methyl sites for hydroxylation is 1. The van der Waals surface area contributed by atoms with E-state index in [1.165, 1.54) is 0 Å². The smallest absolute Gasteiger partial charge is 0.243 e. The lowest BCUT2D eigenvalue weighted by Gasteiger charge is -2.18. The maximum atomic E-state index is 11.8. The second-order valence-electron chi connectivity index (χ2n) is 5.12. The van der Waals surface area contributed by atoms with Crippen LogP contribution >= 0.6 is 15.9 Å². The number of carbonyl (C=O) groups excluding carboxylic acids is 2. The molecular weight excluding hydrogens is 320 g/mol. The van der Waals surface area contributed by atoms with Crippen molar-refractivity contribution in [3.8, 4) is 0 Å². The molecule has 0 bridgehead atoms. The van der Waals surface area contributed by atoms with Crippen LogP contribution in [0.25, 0.3) is 0 Å². The third-order valence-corrected chi connectivity index (χ3v) is 3.46. The third-order valence-electron chi connectivity index (χ3n) is 2.97. The highest BCUT2D eigenvalue weighted by atomic mass is 79.9. The Kier molecular flexibility index (Phi) is 5.51. The standard InChI is InChI=1S/C15H19BrN2O2/c1-5-15(3,4)14(20)17-9-13(19)18-12-7-6-11(16)8-10(12)2/h5-8H,1,9H2,2-4H3,(H,17,20)(H,18,19). The first-order valence-corrected chi connectivity index (χ1v) is 7.03. The maximum Gasteiger partial charge on any atom is 0.243 e. The molecule has 0 aliphatic carbocycles. The van der Waals surface area contributed by atoms with Crippen molar-refractivity contribution in [2.75, 3.05) is 11.9 Å². The molecule has 2 N–H and O–H groups in total. The van der Waals surface area contributed by atoms with E-state index >= 15 is 0 Å². The van der Waals surface area contributed by atoms with Crippen LogP contribution in [0.5, 0.6) is 0 Å². The highest BCUT2D eigenvalue weighted by Crippen LogP contribution is 2.20. The van der Waals surface area contributed by atoms with Gasteiger partial charge in [0.1, 0.15) is 0 Å². The summed E-state index contributed by atoms with van der Waals surface area (Å²) in [5.41, 5.74) is 0.995. The quantitative estimate of drug-likeness (QED) is 0.810. The molecule has 0 atom stereocenters. The topological polar surface area (TPSA) is 58.2 Å². The second kappa shape index (κ2) is 6.70. The van der Waals surface area contributed by atoms with E-state index in [1.54, 1.807) is 19.9 Å². The van der Waals surface area contributed by atoms with E-state index < -0.39 is 5.41 Å². The number of halogens is 1. The van der Waals surface area contributed by atoms with Crippen molar-refractivity contribution < 1.29 is 9.59 Å². The third kappa shape index (κ3) is 4.49. The summed E-state index contributed by atoms with van der Waals surface area (Å²) in [7, 11) is 0. The summed E-state index contributed by atoms with van der Waals surface area (Å²) in [6, 6.07) is 5.57. The monoisotopic (exact) mass is 338 g/mol. The zero-order valence-electron chi connectivity index (χ0n) is 11.9. The summed E-state index contributed by atoms with van der Waals surface area (Å²) in [6.45, 7) is 8.93. The molecule has 0 aliphatic rings. The average Bonchev–Trinajstić information content (AvgIpc) is 2.39.